The van der Waals surface area contributed by atoms with Gasteiger partial charge in [0.15, 0.2) is 0 Å². The maximum Gasteiger partial charge on any atom is 0.119 e. The van der Waals surface area contributed by atoms with E-state index in [0.29, 0.717) is 0 Å². The molecule has 0 heterocycles. The monoisotopic (exact) mass is 147 g/mol. The third-order valence-corrected chi connectivity index (χ3v) is 3.32. The minimum atomic E-state index is -0.716. The van der Waals surface area contributed by atoms with Crippen LogP contribution in [0.5, 0.6) is 0 Å². The first-order valence-electron chi connectivity index (χ1n) is 3.13. The minimum absolute atomic E-state index is 0.0399. The SMILES string of the molecule is [CH2]CCC(C)(C)[S+](C)[O-]. The molecule has 0 aliphatic rings. The standard InChI is InChI=1S/C7H15OS/c1-5-6-7(2,3)9(4)8/h1,5-6H2,2-4H3. The Morgan fingerprint density at radius 2 is 2.00 bits per heavy atom. The Hall–Kier alpha value is 0.310. The molecule has 9 heavy (non-hydrogen) atoms. The number of hydrogen-bond acceptors (Lipinski definition) is 1. The van der Waals surface area contributed by atoms with Crippen LogP contribution in [0.1, 0.15) is 26.7 Å². The van der Waals surface area contributed by atoms with Gasteiger partial charge in [0.2, 0.25) is 0 Å². The zero-order valence-corrected chi connectivity index (χ0v) is 7.25. The molecule has 0 aliphatic carbocycles. The van der Waals surface area contributed by atoms with Crippen LogP contribution in [-0.4, -0.2) is 15.6 Å². The third-order valence-electron chi connectivity index (χ3n) is 1.56. The highest BCUT2D eigenvalue weighted by Gasteiger charge is 2.26. The highest BCUT2D eigenvalue weighted by molar-refractivity contribution is 7.92. The zero-order valence-electron chi connectivity index (χ0n) is 6.44. The second-order valence-electron chi connectivity index (χ2n) is 2.82. The molecule has 1 atom stereocenters. The van der Waals surface area contributed by atoms with Gasteiger partial charge < -0.3 is 4.55 Å². The lowest BCUT2D eigenvalue weighted by Crippen LogP contribution is -2.30. The van der Waals surface area contributed by atoms with Gasteiger partial charge >= 0.3 is 0 Å². The molecular weight excluding hydrogens is 132 g/mol. The summed E-state index contributed by atoms with van der Waals surface area (Å²) in [4.78, 5) is 0. The van der Waals surface area contributed by atoms with Crippen molar-refractivity contribution in [1.29, 1.82) is 0 Å². The molecule has 0 spiro atoms. The molecule has 1 unspecified atom stereocenters. The molecule has 1 radical (unpaired) electrons. The van der Waals surface area contributed by atoms with Gasteiger partial charge in [0.25, 0.3) is 0 Å². The first-order valence-corrected chi connectivity index (χ1v) is 4.69. The highest BCUT2D eigenvalue weighted by Crippen LogP contribution is 2.20. The van der Waals surface area contributed by atoms with Crippen molar-refractivity contribution in [2.75, 3.05) is 6.26 Å². The van der Waals surface area contributed by atoms with Crippen LogP contribution in [0.4, 0.5) is 0 Å². The molecule has 2 heteroatoms. The summed E-state index contributed by atoms with van der Waals surface area (Å²) in [6, 6.07) is 0. The van der Waals surface area contributed by atoms with Crippen molar-refractivity contribution in [3.63, 3.8) is 0 Å². The van der Waals surface area contributed by atoms with Crippen molar-refractivity contribution in [3.05, 3.63) is 6.92 Å². The largest absolute Gasteiger partial charge is 0.616 e. The molecule has 0 aliphatic heterocycles. The van der Waals surface area contributed by atoms with E-state index in [4.69, 9.17) is 0 Å². The molecule has 0 saturated heterocycles. The van der Waals surface area contributed by atoms with Gasteiger partial charge in [-0.05, 0) is 26.7 Å². The molecule has 0 N–H and O–H groups in total. The predicted octanol–water partition coefficient (Wildman–Crippen LogP) is 1.76. The van der Waals surface area contributed by atoms with E-state index >= 15 is 0 Å². The molecule has 55 valence electrons. The average molecular weight is 147 g/mol. The van der Waals surface area contributed by atoms with Gasteiger partial charge in [-0.3, -0.25) is 0 Å². The lowest BCUT2D eigenvalue weighted by Gasteiger charge is -2.24. The van der Waals surface area contributed by atoms with Crippen molar-refractivity contribution in [3.8, 4) is 0 Å². The normalized spacial score (nSPS) is 15.7. The Kier molecular flexibility index (Phi) is 3.59. The smallest absolute Gasteiger partial charge is 0.119 e. The topological polar surface area (TPSA) is 23.1 Å². The van der Waals surface area contributed by atoms with Crippen LogP contribution in [-0.2, 0) is 11.2 Å². The summed E-state index contributed by atoms with van der Waals surface area (Å²) >= 11 is -0.716. The van der Waals surface area contributed by atoms with Crippen molar-refractivity contribution in [2.45, 2.75) is 31.4 Å². The maximum absolute atomic E-state index is 10.9. The quantitative estimate of drug-likeness (QED) is 0.558. The van der Waals surface area contributed by atoms with Gasteiger partial charge in [-0.15, -0.1) is 0 Å². The molecule has 0 amide bonds. The first kappa shape index (κ1) is 9.31. The van der Waals surface area contributed by atoms with E-state index < -0.39 is 11.2 Å². The summed E-state index contributed by atoms with van der Waals surface area (Å²) in [7, 11) is 0. The Morgan fingerprint density at radius 3 is 2.11 bits per heavy atom. The van der Waals surface area contributed by atoms with Crippen LogP contribution in [0.2, 0.25) is 0 Å². The second-order valence-corrected chi connectivity index (χ2v) is 4.83. The van der Waals surface area contributed by atoms with Crippen molar-refractivity contribution in [2.24, 2.45) is 0 Å². The van der Waals surface area contributed by atoms with E-state index in [1.807, 2.05) is 13.8 Å². The average Bonchev–Trinajstić information content (AvgIpc) is 1.65. The molecule has 0 bridgehead atoms. The maximum atomic E-state index is 10.9. The zero-order chi connectivity index (χ0) is 7.49. The fourth-order valence-electron chi connectivity index (χ4n) is 0.569. The molecule has 0 aromatic carbocycles. The summed E-state index contributed by atoms with van der Waals surface area (Å²) in [5.41, 5.74) is 0. The van der Waals surface area contributed by atoms with Crippen LogP contribution < -0.4 is 0 Å². The highest BCUT2D eigenvalue weighted by atomic mass is 32.2. The van der Waals surface area contributed by atoms with Crippen LogP contribution in [0.15, 0.2) is 0 Å². The molecule has 0 rings (SSSR count). The molecule has 0 saturated carbocycles. The summed E-state index contributed by atoms with van der Waals surface area (Å²) in [6.07, 6.45) is 3.55. The van der Waals surface area contributed by atoms with Gasteiger partial charge in [-0.1, -0.05) is 18.1 Å². The fraction of sp³-hybridized carbons (Fsp3) is 0.857. The van der Waals surface area contributed by atoms with Crippen LogP contribution in [0, 0.1) is 6.92 Å². The van der Waals surface area contributed by atoms with Crippen LogP contribution in [0.3, 0.4) is 0 Å². The van der Waals surface area contributed by atoms with E-state index in [0.717, 1.165) is 12.8 Å². The van der Waals surface area contributed by atoms with Gasteiger partial charge in [0, 0.05) is 0 Å². The third kappa shape index (κ3) is 3.11. The molecule has 0 aromatic rings. The Labute approximate surface area is 61.0 Å². The van der Waals surface area contributed by atoms with E-state index in [2.05, 4.69) is 6.92 Å². The van der Waals surface area contributed by atoms with E-state index in [1.54, 1.807) is 6.26 Å². The van der Waals surface area contributed by atoms with E-state index in [1.165, 1.54) is 0 Å². The fourth-order valence-corrected chi connectivity index (χ4v) is 1.00. The Bertz CT molecular complexity index is 79.0. The summed E-state index contributed by atoms with van der Waals surface area (Å²) in [6.45, 7) is 7.74. The Morgan fingerprint density at radius 1 is 1.56 bits per heavy atom. The summed E-state index contributed by atoms with van der Waals surface area (Å²) in [5, 5.41) is 0. The molecule has 0 aromatic heterocycles. The van der Waals surface area contributed by atoms with Gasteiger partial charge in [-0.25, -0.2) is 0 Å². The van der Waals surface area contributed by atoms with Gasteiger partial charge in [0.05, 0.1) is 6.26 Å². The van der Waals surface area contributed by atoms with Crippen LogP contribution >= 0.6 is 0 Å². The van der Waals surface area contributed by atoms with Crippen LogP contribution in [0.25, 0.3) is 0 Å². The molecule has 1 nitrogen and oxygen atoms in total. The number of hydrogen-bond donors (Lipinski definition) is 0. The molecule has 0 fully saturated rings. The van der Waals surface area contributed by atoms with Crippen molar-refractivity contribution in [1.82, 2.24) is 0 Å². The Balaban J connectivity index is 3.70. The van der Waals surface area contributed by atoms with Crippen molar-refractivity contribution >= 4 is 11.2 Å². The van der Waals surface area contributed by atoms with E-state index in [-0.39, 0.29) is 4.75 Å². The van der Waals surface area contributed by atoms with Crippen molar-refractivity contribution < 1.29 is 4.55 Å². The lowest BCUT2D eigenvalue weighted by molar-refractivity contribution is 0.534. The minimum Gasteiger partial charge on any atom is -0.616 e. The van der Waals surface area contributed by atoms with Gasteiger partial charge in [-0.2, -0.15) is 0 Å². The van der Waals surface area contributed by atoms with E-state index in [9.17, 15) is 4.55 Å². The second kappa shape index (κ2) is 3.47. The lowest BCUT2D eigenvalue weighted by atomic mass is 10.1. The first-order chi connectivity index (χ1) is 4.00. The molecular formula is C7H15OS. The summed E-state index contributed by atoms with van der Waals surface area (Å²) < 4.78 is 10.9. The summed E-state index contributed by atoms with van der Waals surface area (Å²) in [5.74, 6) is 0. The predicted molar refractivity (Wildman–Crippen MR) is 42.7 cm³/mol. The van der Waals surface area contributed by atoms with Gasteiger partial charge in [0.1, 0.15) is 4.75 Å². The number of rotatable bonds is 3.